The highest BCUT2D eigenvalue weighted by molar-refractivity contribution is 6.06. The summed E-state index contributed by atoms with van der Waals surface area (Å²) in [5, 5.41) is 2.72. The number of hydrogen-bond acceptors (Lipinski definition) is 5. The van der Waals surface area contributed by atoms with Gasteiger partial charge in [0.2, 0.25) is 5.91 Å². The number of fused-ring (bicyclic) bond motifs is 2. The molecule has 0 spiro atoms. The molecular weight excluding hydrogens is 348 g/mol. The molecule has 140 valence electrons. The molecule has 1 N–H and O–H groups in total. The van der Waals surface area contributed by atoms with E-state index in [0.29, 0.717) is 36.0 Å². The van der Waals surface area contributed by atoms with Crippen LogP contribution in [-0.4, -0.2) is 38.2 Å². The highest BCUT2D eigenvalue weighted by atomic mass is 16.6. The lowest BCUT2D eigenvalue weighted by Crippen LogP contribution is -2.44. The summed E-state index contributed by atoms with van der Waals surface area (Å²) in [6.07, 6.45) is -0.310. The zero-order valence-electron chi connectivity index (χ0n) is 15.1. The number of carbonyl (C=O) groups excluding carboxylic acids is 2. The second-order valence-corrected chi connectivity index (χ2v) is 6.50. The van der Waals surface area contributed by atoms with Crippen LogP contribution in [0.4, 0.5) is 5.69 Å². The standard InChI is InChI=1S/C20H20N2O5/c1-12(23)21-19-15-9-13(25-2)7-8-16(15)22(20(19)24)10-14-11-26-17-5-3-4-6-18(17)27-14/h3-9,14,19H,10-11H2,1-2H3,(H,21,23)/t14-,19+/m0/s1. The number of rotatable bonds is 4. The van der Waals surface area contributed by atoms with Crippen molar-refractivity contribution in [3.63, 3.8) is 0 Å². The first-order valence-corrected chi connectivity index (χ1v) is 8.71. The molecule has 27 heavy (non-hydrogen) atoms. The number of amides is 2. The number of hydrogen-bond donors (Lipinski definition) is 1. The molecule has 2 aromatic carbocycles. The van der Waals surface area contributed by atoms with E-state index < -0.39 is 6.04 Å². The van der Waals surface area contributed by atoms with Crippen molar-refractivity contribution >= 4 is 17.5 Å². The van der Waals surface area contributed by atoms with Crippen LogP contribution in [0.15, 0.2) is 42.5 Å². The van der Waals surface area contributed by atoms with Crippen molar-refractivity contribution in [3.8, 4) is 17.2 Å². The van der Waals surface area contributed by atoms with Crippen LogP contribution < -0.4 is 24.4 Å². The Morgan fingerprint density at radius 2 is 2.04 bits per heavy atom. The summed E-state index contributed by atoms with van der Waals surface area (Å²) in [4.78, 5) is 26.2. The van der Waals surface area contributed by atoms with Gasteiger partial charge < -0.3 is 24.4 Å². The monoisotopic (exact) mass is 368 g/mol. The minimum atomic E-state index is -0.732. The number of ether oxygens (including phenoxy) is 3. The summed E-state index contributed by atoms with van der Waals surface area (Å²) < 4.78 is 17.0. The zero-order chi connectivity index (χ0) is 19.0. The van der Waals surface area contributed by atoms with Crippen molar-refractivity contribution in [3.05, 3.63) is 48.0 Å². The van der Waals surface area contributed by atoms with Gasteiger partial charge in [-0.2, -0.15) is 0 Å². The van der Waals surface area contributed by atoms with E-state index in [-0.39, 0.29) is 17.9 Å². The summed E-state index contributed by atoms with van der Waals surface area (Å²) in [5.74, 6) is 1.52. The molecule has 0 unspecified atom stereocenters. The number of benzene rings is 2. The van der Waals surface area contributed by atoms with Gasteiger partial charge in [-0.15, -0.1) is 0 Å². The Bertz CT molecular complexity index is 898. The Hall–Kier alpha value is -3.22. The molecule has 7 nitrogen and oxygen atoms in total. The molecule has 2 atom stereocenters. The topological polar surface area (TPSA) is 77.1 Å². The Morgan fingerprint density at radius 3 is 2.78 bits per heavy atom. The summed E-state index contributed by atoms with van der Waals surface area (Å²) >= 11 is 0. The lowest BCUT2D eigenvalue weighted by Gasteiger charge is -2.30. The first-order valence-electron chi connectivity index (χ1n) is 8.71. The summed E-state index contributed by atoms with van der Waals surface area (Å²) in [6, 6.07) is 12.1. The first-order chi connectivity index (χ1) is 13.1. The van der Waals surface area contributed by atoms with Crippen LogP contribution in [0.1, 0.15) is 18.5 Å². The maximum absolute atomic E-state index is 13.0. The molecule has 0 saturated carbocycles. The van der Waals surface area contributed by atoms with Crippen LogP contribution in [0.3, 0.4) is 0 Å². The van der Waals surface area contributed by atoms with E-state index in [9.17, 15) is 9.59 Å². The van der Waals surface area contributed by atoms with Gasteiger partial charge in [0, 0.05) is 18.2 Å². The SMILES string of the molecule is COc1ccc2c(c1)[C@@H](NC(C)=O)C(=O)N2C[C@H]1COc2ccccc2O1. The fourth-order valence-electron chi connectivity index (χ4n) is 3.43. The van der Waals surface area contributed by atoms with Gasteiger partial charge in [0.15, 0.2) is 17.6 Å². The quantitative estimate of drug-likeness (QED) is 0.894. The Morgan fingerprint density at radius 1 is 1.26 bits per heavy atom. The van der Waals surface area contributed by atoms with Crippen molar-refractivity contribution < 1.29 is 23.8 Å². The van der Waals surface area contributed by atoms with E-state index in [2.05, 4.69) is 5.32 Å². The molecule has 7 heteroatoms. The van der Waals surface area contributed by atoms with E-state index in [4.69, 9.17) is 14.2 Å². The molecule has 0 fully saturated rings. The van der Waals surface area contributed by atoms with Crippen LogP contribution in [0.2, 0.25) is 0 Å². The second-order valence-electron chi connectivity index (χ2n) is 6.50. The molecule has 0 radical (unpaired) electrons. The molecule has 0 aromatic heterocycles. The second kappa shape index (κ2) is 6.83. The molecule has 0 bridgehead atoms. The van der Waals surface area contributed by atoms with Crippen LogP contribution in [0, 0.1) is 0 Å². The molecule has 0 aliphatic carbocycles. The van der Waals surface area contributed by atoms with Crippen LogP contribution in [-0.2, 0) is 9.59 Å². The van der Waals surface area contributed by atoms with Crippen molar-refractivity contribution in [2.24, 2.45) is 0 Å². The third kappa shape index (κ3) is 3.16. The highest BCUT2D eigenvalue weighted by Gasteiger charge is 2.40. The van der Waals surface area contributed by atoms with Gasteiger partial charge in [0.1, 0.15) is 18.4 Å². The number of anilines is 1. The summed E-state index contributed by atoms with van der Waals surface area (Å²) in [6.45, 7) is 2.06. The molecular formula is C20H20N2O5. The lowest BCUT2D eigenvalue weighted by atomic mass is 10.1. The van der Waals surface area contributed by atoms with Crippen LogP contribution >= 0.6 is 0 Å². The summed E-state index contributed by atoms with van der Waals surface area (Å²) in [7, 11) is 1.56. The molecule has 2 heterocycles. The zero-order valence-corrected chi connectivity index (χ0v) is 15.1. The number of para-hydroxylation sites is 2. The lowest BCUT2D eigenvalue weighted by molar-refractivity contribution is -0.126. The van der Waals surface area contributed by atoms with Gasteiger partial charge in [0.25, 0.3) is 5.91 Å². The maximum atomic E-state index is 13.0. The minimum absolute atomic E-state index is 0.198. The van der Waals surface area contributed by atoms with Gasteiger partial charge in [-0.3, -0.25) is 9.59 Å². The van der Waals surface area contributed by atoms with Gasteiger partial charge in [-0.1, -0.05) is 12.1 Å². The third-order valence-corrected chi connectivity index (χ3v) is 4.65. The van der Waals surface area contributed by atoms with Crippen molar-refractivity contribution in [2.75, 3.05) is 25.2 Å². The average molecular weight is 368 g/mol. The number of carbonyl (C=O) groups is 2. The average Bonchev–Trinajstić information content (AvgIpc) is 2.92. The smallest absolute Gasteiger partial charge is 0.254 e. The predicted molar refractivity (Wildman–Crippen MR) is 98.3 cm³/mol. The molecule has 2 aliphatic heterocycles. The number of methoxy groups -OCH3 is 1. The predicted octanol–water partition coefficient (Wildman–Crippen LogP) is 2.06. The van der Waals surface area contributed by atoms with E-state index >= 15 is 0 Å². The molecule has 2 aromatic rings. The molecule has 2 amide bonds. The number of nitrogens with one attached hydrogen (secondary N) is 1. The summed E-state index contributed by atoms with van der Waals surface area (Å²) in [5.41, 5.74) is 1.45. The van der Waals surface area contributed by atoms with Gasteiger partial charge in [-0.25, -0.2) is 0 Å². The normalized spacial score (nSPS) is 20.2. The number of nitrogens with zero attached hydrogens (tertiary/aromatic N) is 1. The van der Waals surface area contributed by atoms with Gasteiger partial charge in [0.05, 0.1) is 13.7 Å². The molecule has 2 aliphatic rings. The fraction of sp³-hybridized carbons (Fsp3) is 0.300. The van der Waals surface area contributed by atoms with E-state index in [1.54, 1.807) is 24.1 Å². The van der Waals surface area contributed by atoms with Crippen molar-refractivity contribution in [1.29, 1.82) is 0 Å². The highest BCUT2D eigenvalue weighted by Crippen LogP contribution is 2.39. The van der Waals surface area contributed by atoms with E-state index in [0.717, 1.165) is 5.69 Å². The molecule has 4 rings (SSSR count). The molecule has 0 saturated heterocycles. The third-order valence-electron chi connectivity index (χ3n) is 4.65. The van der Waals surface area contributed by atoms with Crippen LogP contribution in [0.25, 0.3) is 0 Å². The van der Waals surface area contributed by atoms with Crippen molar-refractivity contribution in [1.82, 2.24) is 5.32 Å². The Labute approximate surface area is 156 Å². The van der Waals surface area contributed by atoms with E-state index in [1.165, 1.54) is 6.92 Å². The fourth-order valence-corrected chi connectivity index (χ4v) is 3.43. The van der Waals surface area contributed by atoms with Crippen molar-refractivity contribution in [2.45, 2.75) is 19.1 Å². The minimum Gasteiger partial charge on any atom is -0.497 e. The van der Waals surface area contributed by atoms with E-state index in [1.807, 2.05) is 30.3 Å². The Kier molecular flexibility index (Phi) is 4.35. The van der Waals surface area contributed by atoms with Gasteiger partial charge in [-0.05, 0) is 30.3 Å². The first kappa shape index (κ1) is 17.2. The maximum Gasteiger partial charge on any atom is 0.254 e. The van der Waals surface area contributed by atoms with Crippen LogP contribution in [0.5, 0.6) is 17.2 Å². The largest absolute Gasteiger partial charge is 0.497 e. The Balaban J connectivity index is 1.60. The van der Waals surface area contributed by atoms with Gasteiger partial charge >= 0.3 is 0 Å².